The number of fused-ring (bicyclic) bond motifs is 1. The van der Waals surface area contributed by atoms with Gasteiger partial charge in [0.25, 0.3) is 5.91 Å². The fraction of sp³-hybridized carbons (Fsp3) is 0.0625. The largest absolute Gasteiger partial charge is 0.488 e. The first-order valence-electron chi connectivity index (χ1n) is 6.32. The standard InChI is InChI=1S/C16H11BrClNO2/c17-12-4-5-15-10(7-12)6-11(9-21-15)16(20)19-14-3-1-2-13(18)8-14/h1-8H,9H2,(H,19,20). The molecule has 0 bridgehead atoms. The molecule has 2 aromatic rings. The second kappa shape index (κ2) is 5.92. The fourth-order valence-electron chi connectivity index (χ4n) is 2.06. The second-order valence-corrected chi connectivity index (χ2v) is 5.96. The lowest BCUT2D eigenvalue weighted by Gasteiger charge is -2.18. The van der Waals surface area contributed by atoms with Crippen molar-refractivity contribution < 1.29 is 9.53 Å². The Bertz CT molecular complexity index is 743. The van der Waals surface area contributed by atoms with Gasteiger partial charge in [0.05, 0.1) is 5.57 Å². The smallest absolute Gasteiger partial charge is 0.255 e. The van der Waals surface area contributed by atoms with E-state index in [2.05, 4.69) is 21.2 Å². The van der Waals surface area contributed by atoms with Crippen LogP contribution in [0.15, 0.2) is 52.5 Å². The molecule has 0 unspecified atom stereocenters. The average Bonchev–Trinajstić information content (AvgIpc) is 2.46. The van der Waals surface area contributed by atoms with Crippen molar-refractivity contribution in [2.75, 3.05) is 11.9 Å². The van der Waals surface area contributed by atoms with E-state index in [0.29, 0.717) is 16.3 Å². The van der Waals surface area contributed by atoms with Crippen LogP contribution in [-0.2, 0) is 4.79 Å². The zero-order valence-corrected chi connectivity index (χ0v) is 13.2. The van der Waals surface area contributed by atoms with E-state index in [4.69, 9.17) is 16.3 Å². The molecule has 1 aliphatic rings. The minimum atomic E-state index is -0.192. The van der Waals surface area contributed by atoms with Crippen LogP contribution < -0.4 is 10.1 Å². The number of amides is 1. The Hall–Kier alpha value is -1.78. The van der Waals surface area contributed by atoms with Crippen molar-refractivity contribution in [1.82, 2.24) is 0 Å². The highest BCUT2D eigenvalue weighted by Crippen LogP contribution is 2.29. The summed E-state index contributed by atoms with van der Waals surface area (Å²) < 4.78 is 6.54. The molecule has 0 aromatic heterocycles. The van der Waals surface area contributed by atoms with Crippen LogP contribution in [0.4, 0.5) is 5.69 Å². The summed E-state index contributed by atoms with van der Waals surface area (Å²) in [6.07, 6.45) is 1.84. The summed E-state index contributed by atoms with van der Waals surface area (Å²) in [4.78, 5) is 12.3. The first kappa shape index (κ1) is 14.2. The van der Waals surface area contributed by atoms with E-state index in [0.717, 1.165) is 15.8 Å². The van der Waals surface area contributed by atoms with Gasteiger partial charge in [-0.05, 0) is 42.5 Å². The van der Waals surface area contributed by atoms with Crippen molar-refractivity contribution in [2.24, 2.45) is 0 Å². The molecule has 0 fully saturated rings. The topological polar surface area (TPSA) is 38.3 Å². The normalized spacial score (nSPS) is 13.0. The van der Waals surface area contributed by atoms with Crippen LogP contribution >= 0.6 is 27.5 Å². The molecular weight excluding hydrogens is 354 g/mol. The Morgan fingerprint density at radius 3 is 2.90 bits per heavy atom. The Morgan fingerprint density at radius 2 is 2.10 bits per heavy atom. The number of carbonyl (C=O) groups is 1. The predicted molar refractivity (Wildman–Crippen MR) is 87.7 cm³/mol. The maximum atomic E-state index is 12.3. The molecule has 1 aliphatic heterocycles. The average molecular weight is 365 g/mol. The lowest BCUT2D eigenvalue weighted by atomic mass is 10.1. The van der Waals surface area contributed by atoms with Crippen molar-refractivity contribution in [1.29, 1.82) is 0 Å². The van der Waals surface area contributed by atoms with Crippen LogP contribution in [-0.4, -0.2) is 12.5 Å². The van der Waals surface area contributed by atoms with Gasteiger partial charge in [-0.1, -0.05) is 33.6 Å². The lowest BCUT2D eigenvalue weighted by molar-refractivity contribution is -0.113. The van der Waals surface area contributed by atoms with E-state index < -0.39 is 0 Å². The van der Waals surface area contributed by atoms with Gasteiger partial charge < -0.3 is 10.1 Å². The summed E-state index contributed by atoms with van der Waals surface area (Å²) in [5.74, 6) is 0.584. The Morgan fingerprint density at radius 1 is 1.24 bits per heavy atom. The van der Waals surface area contributed by atoms with Crippen LogP contribution in [0.3, 0.4) is 0 Å². The molecule has 0 saturated carbocycles. The number of anilines is 1. The van der Waals surface area contributed by atoms with E-state index >= 15 is 0 Å². The van der Waals surface area contributed by atoms with Gasteiger partial charge in [0.15, 0.2) is 0 Å². The SMILES string of the molecule is O=C(Nc1cccc(Cl)c1)C1=Cc2cc(Br)ccc2OC1. The molecule has 21 heavy (non-hydrogen) atoms. The second-order valence-electron chi connectivity index (χ2n) is 4.60. The summed E-state index contributed by atoms with van der Waals surface area (Å²) in [6, 6.07) is 12.7. The van der Waals surface area contributed by atoms with Gasteiger partial charge in [-0.15, -0.1) is 0 Å². The molecule has 2 aromatic carbocycles. The minimum absolute atomic E-state index is 0.192. The molecule has 3 nitrogen and oxygen atoms in total. The maximum absolute atomic E-state index is 12.3. The van der Waals surface area contributed by atoms with E-state index in [1.54, 1.807) is 24.3 Å². The molecule has 106 valence electrons. The Labute approximate surface area is 135 Å². The van der Waals surface area contributed by atoms with E-state index in [-0.39, 0.29) is 12.5 Å². The molecule has 0 saturated heterocycles. The maximum Gasteiger partial charge on any atom is 0.255 e. The number of ether oxygens (including phenoxy) is 1. The minimum Gasteiger partial charge on any atom is -0.488 e. The zero-order chi connectivity index (χ0) is 14.8. The van der Waals surface area contributed by atoms with Gasteiger partial charge in [0.2, 0.25) is 0 Å². The summed E-state index contributed by atoms with van der Waals surface area (Å²) in [6.45, 7) is 0.251. The number of carbonyl (C=O) groups excluding carboxylic acids is 1. The third-order valence-corrected chi connectivity index (χ3v) is 3.79. The predicted octanol–water partition coefficient (Wildman–Crippen LogP) is 4.52. The Balaban J connectivity index is 1.82. The number of benzene rings is 2. The van der Waals surface area contributed by atoms with E-state index in [1.807, 2.05) is 24.3 Å². The van der Waals surface area contributed by atoms with Crippen molar-refractivity contribution in [3.05, 3.63) is 63.1 Å². The van der Waals surface area contributed by atoms with Crippen LogP contribution in [0.5, 0.6) is 5.75 Å². The third kappa shape index (κ3) is 3.28. The molecule has 1 heterocycles. The van der Waals surface area contributed by atoms with Crippen molar-refractivity contribution >= 4 is 45.2 Å². The number of nitrogens with one attached hydrogen (secondary N) is 1. The molecular formula is C16H11BrClNO2. The van der Waals surface area contributed by atoms with E-state index in [9.17, 15) is 4.79 Å². The van der Waals surface area contributed by atoms with Crippen molar-refractivity contribution in [3.63, 3.8) is 0 Å². The highest BCUT2D eigenvalue weighted by atomic mass is 79.9. The lowest BCUT2D eigenvalue weighted by Crippen LogP contribution is -2.21. The van der Waals surface area contributed by atoms with Crippen LogP contribution in [0.25, 0.3) is 6.08 Å². The number of hydrogen-bond acceptors (Lipinski definition) is 2. The van der Waals surface area contributed by atoms with E-state index in [1.165, 1.54) is 0 Å². The quantitative estimate of drug-likeness (QED) is 0.851. The van der Waals surface area contributed by atoms with Crippen LogP contribution in [0.2, 0.25) is 5.02 Å². The molecule has 0 atom stereocenters. The molecule has 5 heteroatoms. The number of rotatable bonds is 2. The first-order chi connectivity index (χ1) is 10.1. The van der Waals surface area contributed by atoms with Crippen LogP contribution in [0, 0.1) is 0 Å². The van der Waals surface area contributed by atoms with Gasteiger partial charge in [-0.25, -0.2) is 0 Å². The molecule has 1 amide bonds. The first-order valence-corrected chi connectivity index (χ1v) is 7.49. The number of hydrogen-bond donors (Lipinski definition) is 1. The fourth-order valence-corrected chi connectivity index (χ4v) is 2.63. The van der Waals surface area contributed by atoms with Crippen molar-refractivity contribution in [2.45, 2.75) is 0 Å². The summed E-state index contributed by atoms with van der Waals surface area (Å²) in [5, 5.41) is 3.39. The molecule has 0 radical (unpaired) electrons. The molecule has 0 spiro atoms. The van der Waals surface area contributed by atoms with Gasteiger partial charge in [-0.2, -0.15) is 0 Å². The van der Waals surface area contributed by atoms with Gasteiger partial charge in [-0.3, -0.25) is 4.79 Å². The monoisotopic (exact) mass is 363 g/mol. The number of halogens is 2. The highest BCUT2D eigenvalue weighted by molar-refractivity contribution is 9.10. The Kier molecular flexibility index (Phi) is 3.99. The summed E-state index contributed by atoms with van der Waals surface area (Å²) in [7, 11) is 0. The van der Waals surface area contributed by atoms with Gasteiger partial charge >= 0.3 is 0 Å². The van der Waals surface area contributed by atoms with Gasteiger partial charge in [0.1, 0.15) is 12.4 Å². The molecule has 1 N–H and O–H groups in total. The summed E-state index contributed by atoms with van der Waals surface area (Å²) >= 11 is 9.31. The molecule has 0 aliphatic carbocycles. The zero-order valence-electron chi connectivity index (χ0n) is 10.9. The highest BCUT2D eigenvalue weighted by Gasteiger charge is 2.17. The van der Waals surface area contributed by atoms with Crippen molar-refractivity contribution in [3.8, 4) is 5.75 Å². The van der Waals surface area contributed by atoms with Gasteiger partial charge in [0, 0.05) is 20.7 Å². The van der Waals surface area contributed by atoms with Crippen LogP contribution in [0.1, 0.15) is 5.56 Å². The molecule has 3 rings (SSSR count). The third-order valence-electron chi connectivity index (χ3n) is 3.06. The summed E-state index contributed by atoms with van der Waals surface area (Å²) in [5.41, 5.74) is 2.11.